The summed E-state index contributed by atoms with van der Waals surface area (Å²) in [6.45, 7) is 0. The van der Waals surface area contributed by atoms with Crippen LogP contribution >= 0.6 is 27.3 Å². The predicted octanol–water partition coefficient (Wildman–Crippen LogP) is 3.31. The predicted molar refractivity (Wildman–Crippen MR) is 63.3 cm³/mol. The van der Waals surface area contributed by atoms with Gasteiger partial charge in [-0.1, -0.05) is 0 Å². The van der Waals surface area contributed by atoms with Gasteiger partial charge in [-0.3, -0.25) is 0 Å². The minimum Gasteiger partial charge on any atom is -0.398 e. The standard InChI is InChI=1S/C10H7BrN2S/c11-8-4-6-3-7(1-2-12)14-10(6)5-9(8)13/h3-5H,1,13H2. The first-order valence-corrected chi connectivity index (χ1v) is 5.66. The number of hydrogen-bond acceptors (Lipinski definition) is 3. The summed E-state index contributed by atoms with van der Waals surface area (Å²) in [7, 11) is 0. The number of nitriles is 1. The van der Waals surface area contributed by atoms with Gasteiger partial charge in [0.2, 0.25) is 0 Å². The molecule has 0 amide bonds. The molecule has 0 unspecified atom stereocenters. The monoisotopic (exact) mass is 266 g/mol. The SMILES string of the molecule is N#CCc1cc2cc(Br)c(N)cc2s1. The molecule has 2 N–H and O–H groups in total. The first-order valence-electron chi connectivity index (χ1n) is 4.05. The van der Waals surface area contributed by atoms with Crippen LogP contribution in [0.4, 0.5) is 5.69 Å². The maximum absolute atomic E-state index is 8.58. The fraction of sp³-hybridized carbons (Fsp3) is 0.100. The Bertz CT molecular complexity index is 486. The van der Waals surface area contributed by atoms with Gasteiger partial charge in [0, 0.05) is 19.7 Å². The van der Waals surface area contributed by atoms with Crippen LogP contribution in [0.2, 0.25) is 0 Å². The van der Waals surface area contributed by atoms with E-state index in [0.717, 1.165) is 25.1 Å². The highest BCUT2D eigenvalue weighted by atomic mass is 79.9. The third kappa shape index (κ3) is 1.61. The molecule has 0 saturated heterocycles. The number of benzene rings is 1. The zero-order valence-electron chi connectivity index (χ0n) is 7.25. The molecule has 0 saturated carbocycles. The van der Waals surface area contributed by atoms with Gasteiger partial charge in [0.05, 0.1) is 12.5 Å². The van der Waals surface area contributed by atoms with Crippen molar-refractivity contribution in [2.24, 2.45) is 0 Å². The Balaban J connectivity index is 2.61. The molecule has 0 spiro atoms. The topological polar surface area (TPSA) is 49.8 Å². The molecule has 1 aromatic heterocycles. The van der Waals surface area contributed by atoms with Crippen LogP contribution in [0.1, 0.15) is 4.88 Å². The van der Waals surface area contributed by atoms with E-state index in [9.17, 15) is 0 Å². The molecule has 0 aliphatic rings. The number of thiophene rings is 1. The minimum atomic E-state index is 0.469. The molecule has 1 heterocycles. The molecule has 2 rings (SSSR count). The number of fused-ring (bicyclic) bond motifs is 1. The van der Waals surface area contributed by atoms with Gasteiger partial charge >= 0.3 is 0 Å². The van der Waals surface area contributed by atoms with Crippen molar-refractivity contribution in [2.45, 2.75) is 6.42 Å². The van der Waals surface area contributed by atoms with Crippen LogP contribution in [0.3, 0.4) is 0 Å². The van der Waals surface area contributed by atoms with Gasteiger partial charge in [0.1, 0.15) is 0 Å². The van der Waals surface area contributed by atoms with Crippen LogP contribution in [0, 0.1) is 11.3 Å². The average Bonchev–Trinajstić information content (AvgIpc) is 2.48. The van der Waals surface area contributed by atoms with Crippen molar-refractivity contribution >= 4 is 43.0 Å². The van der Waals surface area contributed by atoms with Gasteiger partial charge < -0.3 is 5.73 Å². The van der Waals surface area contributed by atoms with E-state index >= 15 is 0 Å². The van der Waals surface area contributed by atoms with Crippen molar-refractivity contribution in [3.8, 4) is 6.07 Å². The van der Waals surface area contributed by atoms with Crippen molar-refractivity contribution < 1.29 is 0 Å². The van der Waals surface area contributed by atoms with E-state index in [4.69, 9.17) is 11.0 Å². The van der Waals surface area contributed by atoms with E-state index in [2.05, 4.69) is 22.0 Å². The van der Waals surface area contributed by atoms with Crippen LogP contribution in [-0.2, 0) is 6.42 Å². The van der Waals surface area contributed by atoms with Crippen LogP contribution in [-0.4, -0.2) is 0 Å². The first-order chi connectivity index (χ1) is 6.70. The third-order valence-electron chi connectivity index (χ3n) is 1.94. The second kappa shape index (κ2) is 3.60. The lowest BCUT2D eigenvalue weighted by Gasteiger charge is -1.96. The molecule has 0 fully saturated rings. The van der Waals surface area contributed by atoms with E-state index < -0.39 is 0 Å². The van der Waals surface area contributed by atoms with Crippen molar-refractivity contribution in [1.82, 2.24) is 0 Å². The Hall–Kier alpha value is -1.05. The van der Waals surface area contributed by atoms with E-state index in [1.165, 1.54) is 0 Å². The van der Waals surface area contributed by atoms with Gasteiger partial charge in [0.25, 0.3) is 0 Å². The van der Waals surface area contributed by atoms with Crippen molar-refractivity contribution in [3.63, 3.8) is 0 Å². The Labute approximate surface area is 94.1 Å². The molecule has 0 bridgehead atoms. The molecule has 14 heavy (non-hydrogen) atoms. The fourth-order valence-electron chi connectivity index (χ4n) is 1.29. The Morgan fingerprint density at radius 2 is 2.21 bits per heavy atom. The summed E-state index contributed by atoms with van der Waals surface area (Å²) in [6, 6.07) is 8.10. The van der Waals surface area contributed by atoms with E-state index in [1.807, 2.05) is 18.2 Å². The summed E-state index contributed by atoms with van der Waals surface area (Å²) in [5, 5.41) is 9.72. The van der Waals surface area contributed by atoms with Gasteiger partial charge in [0.15, 0.2) is 0 Å². The lowest BCUT2D eigenvalue weighted by atomic mass is 10.2. The van der Waals surface area contributed by atoms with Crippen LogP contribution in [0.5, 0.6) is 0 Å². The van der Waals surface area contributed by atoms with Crippen LogP contribution < -0.4 is 5.73 Å². The highest BCUT2D eigenvalue weighted by Crippen LogP contribution is 2.32. The molecule has 0 atom stereocenters. The van der Waals surface area contributed by atoms with Gasteiger partial charge in [-0.05, 0) is 39.5 Å². The first kappa shape index (κ1) is 9.50. The zero-order chi connectivity index (χ0) is 10.1. The molecule has 0 aliphatic heterocycles. The smallest absolute Gasteiger partial charge is 0.0696 e. The number of halogens is 1. The summed E-state index contributed by atoms with van der Waals surface area (Å²) in [4.78, 5) is 1.08. The fourth-order valence-corrected chi connectivity index (χ4v) is 2.68. The molecule has 2 nitrogen and oxygen atoms in total. The van der Waals surface area contributed by atoms with Gasteiger partial charge in [-0.25, -0.2) is 0 Å². The zero-order valence-corrected chi connectivity index (χ0v) is 9.65. The largest absolute Gasteiger partial charge is 0.398 e. The molecule has 2 aromatic rings. The second-order valence-corrected chi connectivity index (χ2v) is 4.98. The number of nitrogen functional groups attached to an aromatic ring is 1. The average molecular weight is 267 g/mol. The highest BCUT2D eigenvalue weighted by Gasteiger charge is 2.04. The summed E-state index contributed by atoms with van der Waals surface area (Å²) in [5.41, 5.74) is 6.50. The van der Waals surface area contributed by atoms with Gasteiger partial charge in [-0.15, -0.1) is 11.3 Å². The number of nitrogens with two attached hydrogens (primary N) is 1. The molecule has 1 aromatic carbocycles. The van der Waals surface area contributed by atoms with E-state index in [-0.39, 0.29) is 0 Å². The minimum absolute atomic E-state index is 0.469. The van der Waals surface area contributed by atoms with E-state index in [1.54, 1.807) is 11.3 Å². The third-order valence-corrected chi connectivity index (χ3v) is 3.72. The molecule has 70 valence electrons. The molecule has 0 radical (unpaired) electrons. The lowest BCUT2D eigenvalue weighted by Crippen LogP contribution is -1.84. The summed E-state index contributed by atoms with van der Waals surface area (Å²) in [5.74, 6) is 0. The molecular weight excluding hydrogens is 260 g/mol. The Kier molecular flexibility index (Phi) is 2.44. The maximum atomic E-state index is 8.58. The lowest BCUT2D eigenvalue weighted by molar-refractivity contribution is 1.32. The second-order valence-electron chi connectivity index (χ2n) is 2.96. The van der Waals surface area contributed by atoms with Gasteiger partial charge in [-0.2, -0.15) is 5.26 Å². The normalized spacial score (nSPS) is 10.3. The molecule has 0 aliphatic carbocycles. The maximum Gasteiger partial charge on any atom is 0.0696 e. The van der Waals surface area contributed by atoms with Crippen LogP contribution in [0.15, 0.2) is 22.7 Å². The summed E-state index contributed by atoms with van der Waals surface area (Å²) >= 11 is 5.00. The number of anilines is 1. The molecule has 4 heteroatoms. The van der Waals surface area contributed by atoms with E-state index in [0.29, 0.717) is 6.42 Å². The number of hydrogen-bond donors (Lipinski definition) is 1. The van der Waals surface area contributed by atoms with Crippen molar-refractivity contribution in [2.75, 3.05) is 5.73 Å². The molecular formula is C10H7BrN2S. The summed E-state index contributed by atoms with van der Waals surface area (Å²) in [6.07, 6.45) is 0.469. The number of rotatable bonds is 1. The van der Waals surface area contributed by atoms with Crippen molar-refractivity contribution in [3.05, 3.63) is 27.5 Å². The number of nitrogens with zero attached hydrogens (tertiary/aromatic N) is 1. The highest BCUT2D eigenvalue weighted by molar-refractivity contribution is 9.10. The summed E-state index contributed by atoms with van der Waals surface area (Å²) < 4.78 is 2.04. The van der Waals surface area contributed by atoms with Crippen molar-refractivity contribution in [1.29, 1.82) is 5.26 Å². The Morgan fingerprint density at radius 3 is 2.93 bits per heavy atom. The Morgan fingerprint density at radius 1 is 1.43 bits per heavy atom. The van der Waals surface area contributed by atoms with Crippen LogP contribution in [0.25, 0.3) is 10.1 Å². The quantitative estimate of drug-likeness (QED) is 0.806.